The van der Waals surface area contributed by atoms with Gasteiger partial charge in [-0.05, 0) is 55.2 Å². The fourth-order valence-corrected chi connectivity index (χ4v) is 4.99. The molecule has 1 aliphatic heterocycles. The van der Waals surface area contributed by atoms with E-state index in [2.05, 4.69) is 4.90 Å². The zero-order valence-electron chi connectivity index (χ0n) is 15.3. The second-order valence-electron chi connectivity index (χ2n) is 6.89. The number of nitrogens with zero attached hydrogens (tertiary/aromatic N) is 2. The van der Waals surface area contributed by atoms with Crippen LogP contribution in [-0.2, 0) is 16.4 Å². The third-order valence-corrected chi connectivity index (χ3v) is 6.96. The normalized spacial score (nSPS) is 16.7. The maximum atomic E-state index is 13.0. The third-order valence-electron chi connectivity index (χ3n) is 4.92. The number of hydrogen-bond acceptors (Lipinski definition) is 3. The Morgan fingerprint density at radius 3 is 2.27 bits per heavy atom. The number of sulfonamides is 1. The summed E-state index contributed by atoms with van der Waals surface area (Å²) in [7, 11) is -3.45. The van der Waals surface area contributed by atoms with Crippen LogP contribution in [0.25, 0.3) is 0 Å². The van der Waals surface area contributed by atoms with E-state index in [1.807, 2.05) is 26.0 Å². The molecule has 0 aliphatic carbocycles. The van der Waals surface area contributed by atoms with Gasteiger partial charge in [-0.15, -0.1) is 0 Å². The van der Waals surface area contributed by atoms with Crippen LogP contribution < -0.4 is 0 Å². The number of halogens is 1. The van der Waals surface area contributed by atoms with Crippen molar-refractivity contribution in [3.8, 4) is 0 Å². The Balaban J connectivity index is 1.59. The lowest BCUT2D eigenvalue weighted by molar-refractivity contribution is 0.190. The van der Waals surface area contributed by atoms with E-state index in [9.17, 15) is 12.8 Å². The van der Waals surface area contributed by atoms with Crippen molar-refractivity contribution in [1.29, 1.82) is 0 Å². The number of hydrogen-bond donors (Lipinski definition) is 0. The number of benzene rings is 2. The van der Waals surface area contributed by atoms with E-state index < -0.39 is 10.0 Å². The molecule has 2 aromatic carbocycles. The molecule has 140 valence electrons. The van der Waals surface area contributed by atoms with Gasteiger partial charge in [-0.3, -0.25) is 0 Å². The van der Waals surface area contributed by atoms with E-state index in [1.54, 1.807) is 22.5 Å². The van der Waals surface area contributed by atoms with Crippen molar-refractivity contribution in [1.82, 2.24) is 9.21 Å². The van der Waals surface area contributed by atoms with Gasteiger partial charge in [-0.1, -0.05) is 24.3 Å². The van der Waals surface area contributed by atoms with Crippen molar-refractivity contribution in [3.63, 3.8) is 0 Å². The van der Waals surface area contributed by atoms with Crippen LogP contribution in [0.4, 0.5) is 4.39 Å². The van der Waals surface area contributed by atoms with Gasteiger partial charge in [-0.25, -0.2) is 12.8 Å². The molecule has 1 saturated heterocycles. The lowest BCUT2D eigenvalue weighted by Crippen LogP contribution is -2.49. The number of rotatable bonds is 5. The first-order chi connectivity index (χ1) is 12.4. The molecule has 1 heterocycles. The molecule has 6 heteroatoms. The average molecular weight is 376 g/mol. The number of aryl methyl sites for hydroxylation is 2. The van der Waals surface area contributed by atoms with Gasteiger partial charge in [0.25, 0.3) is 0 Å². The number of piperazine rings is 1. The highest BCUT2D eigenvalue weighted by Crippen LogP contribution is 2.22. The predicted octanol–water partition coefficient (Wildman–Crippen LogP) is 2.99. The smallest absolute Gasteiger partial charge is 0.243 e. The maximum absolute atomic E-state index is 13.0. The van der Waals surface area contributed by atoms with Gasteiger partial charge in [0.2, 0.25) is 10.0 Å². The van der Waals surface area contributed by atoms with E-state index >= 15 is 0 Å². The Labute approximate surface area is 155 Å². The summed E-state index contributed by atoms with van der Waals surface area (Å²) in [6.45, 7) is 7.02. The molecule has 0 N–H and O–H groups in total. The summed E-state index contributed by atoms with van der Waals surface area (Å²) in [5.41, 5.74) is 2.83. The largest absolute Gasteiger partial charge is 0.300 e. The molecule has 2 aromatic rings. The molecule has 0 spiro atoms. The first-order valence-electron chi connectivity index (χ1n) is 8.90. The van der Waals surface area contributed by atoms with Crippen LogP contribution in [0, 0.1) is 19.7 Å². The molecule has 0 bridgehead atoms. The lowest BCUT2D eigenvalue weighted by atomic mass is 10.1. The Morgan fingerprint density at radius 2 is 1.62 bits per heavy atom. The summed E-state index contributed by atoms with van der Waals surface area (Å²) < 4.78 is 40.4. The van der Waals surface area contributed by atoms with Crippen molar-refractivity contribution in [2.45, 2.75) is 25.2 Å². The van der Waals surface area contributed by atoms with Crippen LogP contribution in [0.15, 0.2) is 47.4 Å². The highest BCUT2D eigenvalue weighted by atomic mass is 32.2. The van der Waals surface area contributed by atoms with E-state index in [4.69, 9.17) is 0 Å². The molecule has 0 aromatic heterocycles. The first kappa shape index (κ1) is 19.0. The highest BCUT2D eigenvalue weighted by Gasteiger charge is 2.29. The summed E-state index contributed by atoms with van der Waals surface area (Å²) in [5, 5.41) is 0. The Kier molecular flexibility index (Phi) is 5.75. The fourth-order valence-electron chi connectivity index (χ4n) is 3.26. The van der Waals surface area contributed by atoms with Gasteiger partial charge < -0.3 is 4.90 Å². The van der Waals surface area contributed by atoms with Crippen molar-refractivity contribution in [2.24, 2.45) is 0 Å². The second kappa shape index (κ2) is 7.86. The molecular formula is C20H25FN2O2S. The zero-order valence-corrected chi connectivity index (χ0v) is 16.1. The van der Waals surface area contributed by atoms with Crippen LogP contribution in [-0.4, -0.2) is 50.3 Å². The molecule has 26 heavy (non-hydrogen) atoms. The van der Waals surface area contributed by atoms with Crippen molar-refractivity contribution in [3.05, 3.63) is 65.0 Å². The Morgan fingerprint density at radius 1 is 0.962 bits per heavy atom. The van der Waals surface area contributed by atoms with Gasteiger partial charge in [-0.2, -0.15) is 4.31 Å². The summed E-state index contributed by atoms with van der Waals surface area (Å²) in [4.78, 5) is 2.68. The molecule has 1 aliphatic rings. The molecule has 0 saturated carbocycles. The van der Waals surface area contributed by atoms with E-state index in [0.717, 1.165) is 29.7 Å². The van der Waals surface area contributed by atoms with E-state index in [-0.39, 0.29) is 5.82 Å². The van der Waals surface area contributed by atoms with Gasteiger partial charge in [0.1, 0.15) is 5.82 Å². The quantitative estimate of drug-likeness (QED) is 0.806. The van der Waals surface area contributed by atoms with E-state index in [0.29, 0.717) is 31.1 Å². The Bertz CT molecular complexity index is 858. The summed E-state index contributed by atoms with van der Waals surface area (Å²) in [6.07, 6.45) is 0.837. The lowest BCUT2D eigenvalue weighted by Gasteiger charge is -2.34. The van der Waals surface area contributed by atoms with Crippen LogP contribution in [0.3, 0.4) is 0 Å². The fraction of sp³-hybridized carbons (Fsp3) is 0.400. The Hall–Kier alpha value is -1.76. The van der Waals surface area contributed by atoms with Crippen LogP contribution in [0.1, 0.15) is 16.7 Å². The summed E-state index contributed by atoms with van der Waals surface area (Å²) in [6, 6.07) is 12.1. The molecule has 1 fully saturated rings. The third kappa shape index (κ3) is 4.31. The van der Waals surface area contributed by atoms with Crippen molar-refractivity contribution >= 4 is 10.0 Å². The molecule has 0 radical (unpaired) electrons. The van der Waals surface area contributed by atoms with Crippen LogP contribution in [0.5, 0.6) is 0 Å². The highest BCUT2D eigenvalue weighted by molar-refractivity contribution is 7.89. The molecule has 3 rings (SSSR count). The molecule has 0 unspecified atom stereocenters. The first-order valence-corrected chi connectivity index (χ1v) is 10.3. The van der Waals surface area contributed by atoms with E-state index in [1.165, 1.54) is 12.1 Å². The predicted molar refractivity (Wildman–Crippen MR) is 101 cm³/mol. The van der Waals surface area contributed by atoms with Gasteiger partial charge in [0.15, 0.2) is 0 Å². The maximum Gasteiger partial charge on any atom is 0.243 e. The molecule has 4 nitrogen and oxygen atoms in total. The standard InChI is InChI=1S/C20H25FN2O2S/c1-16-3-4-17(2)20(15-16)26(24,25)23-13-11-22(12-14-23)10-9-18-5-7-19(21)8-6-18/h3-8,15H,9-14H2,1-2H3. The van der Waals surface area contributed by atoms with Crippen LogP contribution in [0.2, 0.25) is 0 Å². The average Bonchev–Trinajstić information content (AvgIpc) is 2.63. The zero-order chi connectivity index (χ0) is 18.7. The minimum Gasteiger partial charge on any atom is -0.300 e. The van der Waals surface area contributed by atoms with Crippen molar-refractivity contribution < 1.29 is 12.8 Å². The monoisotopic (exact) mass is 376 g/mol. The molecule has 0 amide bonds. The topological polar surface area (TPSA) is 40.6 Å². The van der Waals surface area contributed by atoms with Gasteiger partial charge in [0.05, 0.1) is 4.90 Å². The summed E-state index contributed by atoms with van der Waals surface area (Å²) in [5.74, 6) is -0.223. The molecular weight excluding hydrogens is 351 g/mol. The van der Waals surface area contributed by atoms with Gasteiger partial charge >= 0.3 is 0 Å². The molecule has 0 atom stereocenters. The minimum atomic E-state index is -3.45. The minimum absolute atomic E-state index is 0.223. The van der Waals surface area contributed by atoms with Crippen molar-refractivity contribution in [2.75, 3.05) is 32.7 Å². The van der Waals surface area contributed by atoms with Gasteiger partial charge in [0, 0.05) is 32.7 Å². The summed E-state index contributed by atoms with van der Waals surface area (Å²) >= 11 is 0. The van der Waals surface area contributed by atoms with Crippen LogP contribution >= 0.6 is 0 Å². The SMILES string of the molecule is Cc1ccc(C)c(S(=O)(=O)N2CCN(CCc3ccc(F)cc3)CC2)c1. The second-order valence-corrected chi connectivity index (χ2v) is 8.80.